The van der Waals surface area contributed by atoms with Crippen LogP contribution < -0.4 is 11.1 Å². The molecule has 0 saturated heterocycles. The van der Waals surface area contributed by atoms with E-state index in [-0.39, 0.29) is 11.3 Å². The second-order valence-electron chi connectivity index (χ2n) is 6.20. The van der Waals surface area contributed by atoms with Crippen molar-refractivity contribution < 1.29 is 4.79 Å². The van der Waals surface area contributed by atoms with Crippen LogP contribution in [0.4, 0.5) is 5.69 Å². The first-order valence-electron chi connectivity index (χ1n) is 7.12. The summed E-state index contributed by atoms with van der Waals surface area (Å²) >= 11 is 0. The average molecular weight is 260 g/mol. The highest BCUT2D eigenvalue weighted by Crippen LogP contribution is 2.37. The number of nitrogens with two attached hydrogens (primary N) is 1. The largest absolute Gasteiger partial charge is 0.399 e. The third-order valence-electron chi connectivity index (χ3n) is 4.27. The van der Waals surface area contributed by atoms with E-state index in [4.69, 9.17) is 5.73 Å². The lowest BCUT2D eigenvalue weighted by Gasteiger charge is -2.27. The van der Waals surface area contributed by atoms with Crippen LogP contribution in [0.25, 0.3) is 0 Å². The van der Waals surface area contributed by atoms with Gasteiger partial charge in [-0.1, -0.05) is 38.5 Å². The Labute approximate surface area is 115 Å². The molecule has 0 radical (unpaired) electrons. The molecular weight excluding hydrogens is 236 g/mol. The van der Waals surface area contributed by atoms with Crippen LogP contribution in [0.5, 0.6) is 0 Å². The highest BCUT2D eigenvalue weighted by molar-refractivity contribution is 5.77. The van der Waals surface area contributed by atoms with Crippen LogP contribution in [0.1, 0.15) is 45.1 Å². The van der Waals surface area contributed by atoms with Gasteiger partial charge >= 0.3 is 0 Å². The molecule has 1 aliphatic carbocycles. The van der Waals surface area contributed by atoms with Crippen molar-refractivity contribution in [2.75, 3.05) is 5.73 Å². The van der Waals surface area contributed by atoms with Crippen molar-refractivity contribution in [2.45, 2.75) is 52.0 Å². The summed E-state index contributed by atoms with van der Waals surface area (Å²) in [6.07, 6.45) is 4.74. The molecule has 3 nitrogen and oxygen atoms in total. The molecule has 0 spiro atoms. The summed E-state index contributed by atoms with van der Waals surface area (Å²) in [5, 5.41) is 3.18. The maximum Gasteiger partial charge on any atom is 0.220 e. The smallest absolute Gasteiger partial charge is 0.220 e. The standard InChI is InChI=1S/C16H24N2O/c1-16(2)11-5-8-14(16)18-15(19)10-9-12-6-3-4-7-13(12)17/h3-4,6-7,14H,5,8-11,17H2,1-2H3,(H,18,19). The van der Waals surface area contributed by atoms with Gasteiger partial charge < -0.3 is 11.1 Å². The zero-order chi connectivity index (χ0) is 13.9. The number of hydrogen-bond acceptors (Lipinski definition) is 2. The number of para-hydroxylation sites is 1. The summed E-state index contributed by atoms with van der Waals surface area (Å²) in [7, 11) is 0. The van der Waals surface area contributed by atoms with Crippen molar-refractivity contribution in [1.82, 2.24) is 5.32 Å². The van der Waals surface area contributed by atoms with E-state index in [9.17, 15) is 4.79 Å². The first-order valence-corrected chi connectivity index (χ1v) is 7.12. The fraction of sp³-hybridized carbons (Fsp3) is 0.562. The monoisotopic (exact) mass is 260 g/mol. The van der Waals surface area contributed by atoms with Gasteiger partial charge in [-0.3, -0.25) is 4.79 Å². The van der Waals surface area contributed by atoms with Gasteiger partial charge in [0.05, 0.1) is 0 Å². The van der Waals surface area contributed by atoms with Crippen LogP contribution in [0.15, 0.2) is 24.3 Å². The van der Waals surface area contributed by atoms with E-state index in [1.165, 1.54) is 12.8 Å². The number of aryl methyl sites for hydroxylation is 1. The average Bonchev–Trinajstić information content (AvgIpc) is 2.68. The third-order valence-corrected chi connectivity index (χ3v) is 4.27. The van der Waals surface area contributed by atoms with Gasteiger partial charge in [0.2, 0.25) is 5.91 Å². The molecule has 2 rings (SSSR count). The van der Waals surface area contributed by atoms with E-state index in [0.717, 1.165) is 17.7 Å². The number of carbonyl (C=O) groups is 1. The lowest BCUT2D eigenvalue weighted by Crippen LogP contribution is -2.41. The molecular formula is C16H24N2O. The number of hydrogen-bond donors (Lipinski definition) is 2. The van der Waals surface area contributed by atoms with E-state index in [0.29, 0.717) is 18.9 Å². The van der Waals surface area contributed by atoms with Crippen molar-refractivity contribution in [3.8, 4) is 0 Å². The minimum atomic E-state index is 0.142. The van der Waals surface area contributed by atoms with Crippen LogP contribution in [0.2, 0.25) is 0 Å². The maximum atomic E-state index is 12.0. The molecule has 3 heteroatoms. The molecule has 3 N–H and O–H groups in total. The van der Waals surface area contributed by atoms with Gasteiger partial charge in [0, 0.05) is 18.2 Å². The van der Waals surface area contributed by atoms with Gasteiger partial charge in [-0.05, 0) is 36.3 Å². The van der Waals surface area contributed by atoms with E-state index in [1.54, 1.807) is 0 Å². The van der Waals surface area contributed by atoms with Crippen molar-refractivity contribution in [3.63, 3.8) is 0 Å². The van der Waals surface area contributed by atoms with E-state index in [1.807, 2.05) is 24.3 Å². The first-order chi connectivity index (χ1) is 8.99. The molecule has 0 aliphatic heterocycles. The molecule has 19 heavy (non-hydrogen) atoms. The number of amides is 1. The van der Waals surface area contributed by atoms with Gasteiger partial charge in [0.25, 0.3) is 0 Å². The summed E-state index contributed by atoms with van der Waals surface area (Å²) in [6, 6.07) is 8.08. The zero-order valence-corrected chi connectivity index (χ0v) is 11.9. The van der Waals surface area contributed by atoms with Gasteiger partial charge in [-0.2, -0.15) is 0 Å². The third kappa shape index (κ3) is 3.49. The van der Waals surface area contributed by atoms with Crippen molar-refractivity contribution >= 4 is 11.6 Å². The number of nitrogens with one attached hydrogen (secondary N) is 1. The Balaban J connectivity index is 1.84. The second kappa shape index (κ2) is 5.64. The molecule has 0 heterocycles. The fourth-order valence-corrected chi connectivity index (χ4v) is 2.87. The lowest BCUT2D eigenvalue weighted by atomic mass is 9.87. The van der Waals surface area contributed by atoms with Crippen molar-refractivity contribution in [2.24, 2.45) is 5.41 Å². The minimum absolute atomic E-state index is 0.142. The maximum absolute atomic E-state index is 12.0. The van der Waals surface area contributed by atoms with Gasteiger partial charge in [-0.15, -0.1) is 0 Å². The highest BCUT2D eigenvalue weighted by atomic mass is 16.1. The fourth-order valence-electron chi connectivity index (χ4n) is 2.87. The van der Waals surface area contributed by atoms with Gasteiger partial charge in [0.15, 0.2) is 0 Å². The van der Waals surface area contributed by atoms with Gasteiger partial charge in [-0.25, -0.2) is 0 Å². The molecule has 1 aromatic rings. The second-order valence-corrected chi connectivity index (χ2v) is 6.20. The first kappa shape index (κ1) is 13.9. The summed E-state index contributed by atoms with van der Waals surface area (Å²) in [6.45, 7) is 4.47. The summed E-state index contributed by atoms with van der Waals surface area (Å²) in [4.78, 5) is 12.0. The molecule has 0 bridgehead atoms. The van der Waals surface area contributed by atoms with Gasteiger partial charge in [0.1, 0.15) is 0 Å². The molecule has 1 amide bonds. The molecule has 1 fully saturated rings. The summed E-state index contributed by atoms with van der Waals surface area (Å²) in [5.74, 6) is 0.142. The quantitative estimate of drug-likeness (QED) is 0.818. The topological polar surface area (TPSA) is 55.1 Å². The molecule has 0 aromatic heterocycles. The Morgan fingerprint density at radius 3 is 2.79 bits per heavy atom. The van der Waals surface area contributed by atoms with Crippen LogP contribution in [0, 0.1) is 5.41 Å². The van der Waals surface area contributed by atoms with Crippen molar-refractivity contribution in [3.05, 3.63) is 29.8 Å². The van der Waals surface area contributed by atoms with E-state index >= 15 is 0 Å². The number of benzene rings is 1. The predicted octanol–water partition coefficient (Wildman–Crippen LogP) is 2.90. The molecule has 1 aliphatic rings. The predicted molar refractivity (Wildman–Crippen MR) is 78.7 cm³/mol. The zero-order valence-electron chi connectivity index (χ0n) is 11.9. The highest BCUT2D eigenvalue weighted by Gasteiger charge is 2.35. The SMILES string of the molecule is CC1(C)CCCC1NC(=O)CCc1ccccc1N. The molecule has 1 unspecified atom stereocenters. The molecule has 1 atom stereocenters. The lowest BCUT2D eigenvalue weighted by molar-refractivity contribution is -0.122. The Hall–Kier alpha value is -1.51. The van der Waals surface area contributed by atoms with Crippen LogP contribution in [-0.2, 0) is 11.2 Å². The number of rotatable bonds is 4. The Morgan fingerprint density at radius 2 is 2.16 bits per heavy atom. The summed E-state index contributed by atoms with van der Waals surface area (Å²) in [5.41, 5.74) is 7.95. The van der Waals surface area contributed by atoms with Crippen molar-refractivity contribution in [1.29, 1.82) is 0 Å². The normalized spacial score (nSPS) is 21.3. The Bertz CT molecular complexity index is 454. The molecule has 1 saturated carbocycles. The van der Waals surface area contributed by atoms with E-state index in [2.05, 4.69) is 19.2 Å². The van der Waals surface area contributed by atoms with Crippen LogP contribution >= 0.6 is 0 Å². The van der Waals surface area contributed by atoms with E-state index < -0.39 is 0 Å². The minimum Gasteiger partial charge on any atom is -0.399 e. The Kier molecular flexibility index (Phi) is 4.13. The summed E-state index contributed by atoms with van der Waals surface area (Å²) < 4.78 is 0. The number of nitrogen functional groups attached to an aromatic ring is 1. The van der Waals surface area contributed by atoms with Crippen LogP contribution in [-0.4, -0.2) is 11.9 Å². The molecule has 104 valence electrons. The van der Waals surface area contributed by atoms with Crippen LogP contribution in [0.3, 0.4) is 0 Å². The number of carbonyl (C=O) groups excluding carboxylic acids is 1. The molecule has 1 aromatic carbocycles. The number of anilines is 1. The Morgan fingerprint density at radius 1 is 1.42 bits per heavy atom.